The minimum Gasteiger partial charge on any atom is -0.356 e. The summed E-state index contributed by atoms with van der Waals surface area (Å²) in [6.45, 7) is 6.44. The molecule has 0 aliphatic carbocycles. The molecule has 0 spiro atoms. The Hall–Kier alpha value is -1.38. The Balaban J connectivity index is 0.00000364. The van der Waals surface area contributed by atoms with Gasteiger partial charge in [0.05, 0.1) is 0 Å². The number of rotatable bonds is 11. The maximum absolute atomic E-state index is 4.29. The van der Waals surface area contributed by atoms with Crippen molar-refractivity contribution in [1.29, 1.82) is 0 Å². The third-order valence-electron chi connectivity index (χ3n) is 4.48. The van der Waals surface area contributed by atoms with Crippen LogP contribution in [0.15, 0.2) is 29.4 Å². The first-order valence-electron chi connectivity index (χ1n) is 9.94. The van der Waals surface area contributed by atoms with Crippen molar-refractivity contribution in [2.75, 3.05) is 20.1 Å². The van der Waals surface area contributed by atoms with Crippen molar-refractivity contribution in [3.63, 3.8) is 0 Å². The van der Waals surface area contributed by atoms with E-state index in [0.717, 1.165) is 49.3 Å². The molecule has 152 valence electrons. The lowest BCUT2D eigenvalue weighted by Crippen LogP contribution is -2.38. The van der Waals surface area contributed by atoms with E-state index in [1.165, 1.54) is 32.1 Å². The standard InChI is InChI=1S/C20H34N6.HI/c1-17(2)11-6-4-5-8-14-22-20(21-3)23-15-10-13-19-25-24-18-12-7-9-16-26(18)19;/h7,9,12,16-17H,4-6,8,10-11,13-15H2,1-3H3,(H2,21,22,23);1H. The molecule has 0 bridgehead atoms. The first-order chi connectivity index (χ1) is 12.7. The van der Waals surface area contributed by atoms with Gasteiger partial charge in [0.2, 0.25) is 0 Å². The summed E-state index contributed by atoms with van der Waals surface area (Å²) in [5, 5.41) is 15.2. The molecule has 0 radical (unpaired) electrons. The lowest BCUT2D eigenvalue weighted by molar-refractivity contribution is 0.518. The van der Waals surface area contributed by atoms with Crippen LogP contribution in [0.1, 0.15) is 58.2 Å². The second-order valence-corrected chi connectivity index (χ2v) is 7.17. The molecule has 2 aromatic heterocycles. The van der Waals surface area contributed by atoms with Gasteiger partial charge in [0, 0.05) is 32.8 Å². The summed E-state index contributed by atoms with van der Waals surface area (Å²) in [7, 11) is 1.82. The fraction of sp³-hybridized carbons (Fsp3) is 0.650. The Morgan fingerprint density at radius 3 is 2.52 bits per heavy atom. The van der Waals surface area contributed by atoms with Gasteiger partial charge in [0.15, 0.2) is 11.6 Å². The molecule has 0 atom stereocenters. The molecule has 27 heavy (non-hydrogen) atoms. The fourth-order valence-electron chi connectivity index (χ4n) is 2.97. The van der Waals surface area contributed by atoms with E-state index < -0.39 is 0 Å². The van der Waals surface area contributed by atoms with Gasteiger partial charge in [-0.2, -0.15) is 0 Å². The van der Waals surface area contributed by atoms with Gasteiger partial charge in [-0.15, -0.1) is 34.2 Å². The minimum absolute atomic E-state index is 0. The zero-order valence-electron chi connectivity index (χ0n) is 16.9. The van der Waals surface area contributed by atoms with Gasteiger partial charge in [0.25, 0.3) is 0 Å². The predicted octanol–water partition coefficient (Wildman–Crippen LogP) is 4.05. The maximum Gasteiger partial charge on any atom is 0.190 e. The van der Waals surface area contributed by atoms with Crippen molar-refractivity contribution in [2.45, 2.75) is 58.8 Å². The molecule has 0 aromatic carbocycles. The molecule has 2 aromatic rings. The number of unbranched alkanes of at least 4 members (excludes halogenated alkanes) is 3. The van der Waals surface area contributed by atoms with Crippen LogP contribution in [0.4, 0.5) is 0 Å². The number of aryl methyl sites for hydroxylation is 1. The first-order valence-corrected chi connectivity index (χ1v) is 9.94. The SMILES string of the molecule is CN=C(NCCCCCCC(C)C)NCCCc1nnc2ccccn12.I. The van der Waals surface area contributed by atoms with Crippen molar-refractivity contribution in [3.05, 3.63) is 30.2 Å². The monoisotopic (exact) mass is 486 g/mol. The van der Waals surface area contributed by atoms with E-state index in [4.69, 9.17) is 0 Å². The maximum atomic E-state index is 4.29. The molecule has 0 aliphatic rings. The molecule has 6 nitrogen and oxygen atoms in total. The van der Waals surface area contributed by atoms with Crippen molar-refractivity contribution in [2.24, 2.45) is 10.9 Å². The molecule has 0 aliphatic heterocycles. The average molecular weight is 486 g/mol. The van der Waals surface area contributed by atoms with Gasteiger partial charge in [-0.05, 0) is 30.9 Å². The van der Waals surface area contributed by atoms with Gasteiger partial charge in [-0.25, -0.2) is 0 Å². The number of halogens is 1. The Labute approximate surface area is 180 Å². The normalized spacial score (nSPS) is 11.6. The van der Waals surface area contributed by atoms with Crippen LogP contribution in [0.5, 0.6) is 0 Å². The smallest absolute Gasteiger partial charge is 0.190 e. The quantitative estimate of drug-likeness (QED) is 0.218. The van der Waals surface area contributed by atoms with E-state index in [9.17, 15) is 0 Å². The highest BCUT2D eigenvalue weighted by Crippen LogP contribution is 2.09. The third-order valence-corrected chi connectivity index (χ3v) is 4.48. The molecule has 0 fully saturated rings. The van der Waals surface area contributed by atoms with Crippen LogP contribution in [-0.4, -0.2) is 40.7 Å². The van der Waals surface area contributed by atoms with Crippen LogP contribution in [0.3, 0.4) is 0 Å². The number of nitrogens with one attached hydrogen (secondary N) is 2. The molecule has 2 N–H and O–H groups in total. The summed E-state index contributed by atoms with van der Waals surface area (Å²) in [6, 6.07) is 5.96. The molecule has 0 saturated carbocycles. The highest BCUT2D eigenvalue weighted by Gasteiger charge is 2.04. The van der Waals surface area contributed by atoms with Crippen LogP contribution in [0.25, 0.3) is 5.65 Å². The van der Waals surface area contributed by atoms with Crippen molar-refractivity contribution in [3.8, 4) is 0 Å². The van der Waals surface area contributed by atoms with Gasteiger partial charge >= 0.3 is 0 Å². The van der Waals surface area contributed by atoms with Crippen LogP contribution in [-0.2, 0) is 6.42 Å². The van der Waals surface area contributed by atoms with E-state index in [2.05, 4.69) is 39.7 Å². The number of hydrogen-bond donors (Lipinski definition) is 2. The van der Waals surface area contributed by atoms with E-state index >= 15 is 0 Å². The van der Waals surface area contributed by atoms with Gasteiger partial charge in [0.1, 0.15) is 5.82 Å². The van der Waals surface area contributed by atoms with E-state index in [0.29, 0.717) is 0 Å². The minimum atomic E-state index is 0. The number of fused-ring (bicyclic) bond motifs is 1. The van der Waals surface area contributed by atoms with Crippen LogP contribution < -0.4 is 10.6 Å². The summed E-state index contributed by atoms with van der Waals surface area (Å²) >= 11 is 0. The Morgan fingerprint density at radius 2 is 1.78 bits per heavy atom. The molecule has 2 rings (SSSR count). The van der Waals surface area contributed by atoms with Gasteiger partial charge in [-0.1, -0.05) is 45.6 Å². The molecule has 7 heteroatoms. The summed E-state index contributed by atoms with van der Waals surface area (Å²) < 4.78 is 2.05. The molecular formula is C20H35IN6. The lowest BCUT2D eigenvalue weighted by atomic mass is 10.0. The van der Waals surface area contributed by atoms with E-state index in [-0.39, 0.29) is 24.0 Å². The zero-order valence-corrected chi connectivity index (χ0v) is 19.3. The second-order valence-electron chi connectivity index (χ2n) is 7.17. The van der Waals surface area contributed by atoms with E-state index in [1.54, 1.807) is 0 Å². The van der Waals surface area contributed by atoms with Crippen LogP contribution in [0.2, 0.25) is 0 Å². The highest BCUT2D eigenvalue weighted by molar-refractivity contribution is 14.0. The number of aromatic nitrogens is 3. The van der Waals surface area contributed by atoms with Crippen molar-refractivity contribution < 1.29 is 0 Å². The number of hydrogen-bond acceptors (Lipinski definition) is 3. The number of nitrogens with zero attached hydrogens (tertiary/aromatic N) is 4. The van der Waals surface area contributed by atoms with Crippen molar-refractivity contribution >= 4 is 35.6 Å². The third kappa shape index (κ3) is 8.90. The highest BCUT2D eigenvalue weighted by atomic mass is 127. The Bertz CT molecular complexity index is 667. The molecule has 0 unspecified atom stereocenters. The molecule has 0 saturated heterocycles. The Kier molecular flexibility index (Phi) is 12.0. The van der Waals surface area contributed by atoms with E-state index in [1.807, 2.05) is 35.8 Å². The fourth-order valence-corrected chi connectivity index (χ4v) is 2.97. The average Bonchev–Trinajstić information content (AvgIpc) is 3.05. The summed E-state index contributed by atoms with van der Waals surface area (Å²) in [5.74, 6) is 2.72. The topological polar surface area (TPSA) is 66.6 Å². The lowest BCUT2D eigenvalue weighted by Gasteiger charge is -2.11. The van der Waals surface area contributed by atoms with Gasteiger partial charge in [-0.3, -0.25) is 9.39 Å². The number of guanidine groups is 1. The largest absolute Gasteiger partial charge is 0.356 e. The Morgan fingerprint density at radius 1 is 1.04 bits per heavy atom. The van der Waals surface area contributed by atoms with Gasteiger partial charge < -0.3 is 10.6 Å². The van der Waals surface area contributed by atoms with Crippen LogP contribution in [0, 0.1) is 5.92 Å². The van der Waals surface area contributed by atoms with Crippen molar-refractivity contribution in [1.82, 2.24) is 25.2 Å². The molecule has 2 heterocycles. The number of pyridine rings is 1. The zero-order chi connectivity index (χ0) is 18.6. The predicted molar refractivity (Wildman–Crippen MR) is 124 cm³/mol. The first kappa shape index (κ1) is 23.7. The molecular weight excluding hydrogens is 451 g/mol. The molecule has 0 amide bonds. The van der Waals surface area contributed by atoms with Crippen LogP contribution >= 0.6 is 24.0 Å². The summed E-state index contributed by atoms with van der Waals surface area (Å²) in [6.07, 6.45) is 10.4. The second kappa shape index (κ2) is 13.7. The summed E-state index contributed by atoms with van der Waals surface area (Å²) in [5.41, 5.74) is 0.904. The summed E-state index contributed by atoms with van der Waals surface area (Å²) in [4.78, 5) is 4.29. The number of aliphatic imine (C=N–C) groups is 1.